The van der Waals surface area contributed by atoms with E-state index in [-0.39, 0.29) is 11.5 Å². The van der Waals surface area contributed by atoms with Gasteiger partial charge in [-0.15, -0.1) is 11.3 Å². The summed E-state index contributed by atoms with van der Waals surface area (Å²) in [6, 6.07) is 11.2. The lowest BCUT2D eigenvalue weighted by Gasteiger charge is -2.18. The molecule has 0 aliphatic heterocycles. The standard InChI is InChI=1S/C20H23N3O2S/c1-3-4-7-12-23-19(24)17-11-6-5-10-16(17)18(21-23)20(25)22(2)14-15-9-8-13-26-15/h5-6,8-11,13H,3-4,7,12,14H2,1-2H3. The van der Waals surface area contributed by atoms with Crippen molar-refractivity contribution in [2.45, 2.75) is 39.3 Å². The van der Waals surface area contributed by atoms with Crippen LogP contribution in [0.5, 0.6) is 0 Å². The Balaban J connectivity index is 1.98. The van der Waals surface area contributed by atoms with Crippen LogP contribution in [0.15, 0.2) is 46.6 Å². The Morgan fingerprint density at radius 1 is 1.15 bits per heavy atom. The van der Waals surface area contributed by atoms with Crippen LogP contribution in [0.1, 0.15) is 41.6 Å². The fraction of sp³-hybridized carbons (Fsp3) is 0.350. The normalized spacial score (nSPS) is 11.0. The molecule has 3 aromatic rings. The zero-order valence-corrected chi connectivity index (χ0v) is 16.0. The Bertz CT molecular complexity index is 947. The third kappa shape index (κ3) is 3.85. The van der Waals surface area contributed by atoms with Crippen molar-refractivity contribution in [3.63, 3.8) is 0 Å². The quantitative estimate of drug-likeness (QED) is 0.593. The van der Waals surface area contributed by atoms with Gasteiger partial charge >= 0.3 is 0 Å². The van der Waals surface area contributed by atoms with E-state index in [0.717, 1.165) is 24.1 Å². The molecule has 0 aliphatic rings. The summed E-state index contributed by atoms with van der Waals surface area (Å²) < 4.78 is 1.45. The zero-order valence-electron chi connectivity index (χ0n) is 15.1. The van der Waals surface area contributed by atoms with E-state index in [9.17, 15) is 9.59 Å². The maximum atomic E-state index is 13.0. The van der Waals surface area contributed by atoms with Gasteiger partial charge in [0.2, 0.25) is 0 Å². The van der Waals surface area contributed by atoms with Gasteiger partial charge in [0.1, 0.15) is 0 Å². The van der Waals surface area contributed by atoms with E-state index in [1.54, 1.807) is 35.4 Å². The number of carbonyl (C=O) groups is 1. The van der Waals surface area contributed by atoms with Gasteiger partial charge in [-0.25, -0.2) is 4.68 Å². The fourth-order valence-corrected chi connectivity index (χ4v) is 3.70. The van der Waals surface area contributed by atoms with Crippen LogP contribution in [-0.2, 0) is 13.1 Å². The lowest BCUT2D eigenvalue weighted by molar-refractivity contribution is 0.0780. The molecule has 136 valence electrons. The minimum atomic E-state index is -0.168. The van der Waals surface area contributed by atoms with Gasteiger partial charge in [-0.1, -0.05) is 44.0 Å². The molecule has 6 heteroatoms. The molecular weight excluding hydrogens is 346 g/mol. The summed E-state index contributed by atoms with van der Waals surface area (Å²) in [5.74, 6) is -0.168. The molecule has 0 aliphatic carbocycles. The number of thiophene rings is 1. The van der Waals surface area contributed by atoms with E-state index in [1.165, 1.54) is 4.68 Å². The number of fused-ring (bicyclic) bond motifs is 1. The number of hydrogen-bond acceptors (Lipinski definition) is 4. The van der Waals surface area contributed by atoms with Crippen LogP contribution < -0.4 is 5.56 Å². The van der Waals surface area contributed by atoms with Crippen molar-refractivity contribution in [3.05, 3.63) is 62.7 Å². The highest BCUT2D eigenvalue weighted by molar-refractivity contribution is 7.09. The average molecular weight is 369 g/mol. The van der Waals surface area contributed by atoms with Crippen molar-refractivity contribution in [3.8, 4) is 0 Å². The molecule has 0 fully saturated rings. The number of hydrogen-bond donors (Lipinski definition) is 0. The van der Waals surface area contributed by atoms with E-state index >= 15 is 0 Å². The number of rotatable bonds is 7. The molecule has 3 rings (SSSR count). The van der Waals surface area contributed by atoms with E-state index in [1.807, 2.05) is 29.6 Å². The van der Waals surface area contributed by atoms with Crippen molar-refractivity contribution in [1.29, 1.82) is 0 Å². The van der Waals surface area contributed by atoms with Crippen molar-refractivity contribution in [1.82, 2.24) is 14.7 Å². The first kappa shape index (κ1) is 18.3. The number of benzene rings is 1. The van der Waals surface area contributed by atoms with Crippen LogP contribution in [0.2, 0.25) is 0 Å². The second-order valence-electron chi connectivity index (χ2n) is 6.37. The van der Waals surface area contributed by atoms with Gasteiger partial charge in [0.05, 0.1) is 11.9 Å². The van der Waals surface area contributed by atoms with Crippen LogP contribution in [0.3, 0.4) is 0 Å². The van der Waals surface area contributed by atoms with E-state index in [2.05, 4.69) is 12.0 Å². The summed E-state index contributed by atoms with van der Waals surface area (Å²) in [5, 5.41) is 7.60. The molecule has 0 saturated heterocycles. The molecule has 0 bridgehead atoms. The van der Waals surface area contributed by atoms with E-state index < -0.39 is 0 Å². The number of amides is 1. The molecule has 1 aromatic carbocycles. The molecule has 0 saturated carbocycles. The van der Waals surface area contributed by atoms with Crippen molar-refractivity contribution in [2.75, 3.05) is 7.05 Å². The summed E-state index contributed by atoms with van der Waals surface area (Å²) in [6.45, 7) is 3.18. The Kier molecular flexibility index (Phi) is 5.83. The second kappa shape index (κ2) is 8.27. The number of unbranched alkanes of at least 4 members (excludes halogenated alkanes) is 2. The smallest absolute Gasteiger partial charge is 0.275 e. The number of nitrogens with zero attached hydrogens (tertiary/aromatic N) is 3. The first-order valence-electron chi connectivity index (χ1n) is 8.89. The molecule has 1 amide bonds. The first-order valence-corrected chi connectivity index (χ1v) is 9.77. The van der Waals surface area contributed by atoms with E-state index in [4.69, 9.17) is 0 Å². The highest BCUT2D eigenvalue weighted by atomic mass is 32.1. The Hall–Kier alpha value is -2.47. The second-order valence-corrected chi connectivity index (χ2v) is 7.40. The van der Waals surface area contributed by atoms with Crippen molar-refractivity contribution in [2.24, 2.45) is 0 Å². The van der Waals surface area contributed by atoms with Gasteiger partial charge in [0.25, 0.3) is 11.5 Å². The molecule has 26 heavy (non-hydrogen) atoms. The minimum Gasteiger partial charge on any atom is -0.335 e. The zero-order chi connectivity index (χ0) is 18.5. The molecule has 5 nitrogen and oxygen atoms in total. The molecule has 0 unspecified atom stereocenters. The van der Waals surface area contributed by atoms with Crippen molar-refractivity contribution < 1.29 is 4.79 Å². The third-order valence-electron chi connectivity index (χ3n) is 4.36. The molecule has 0 radical (unpaired) electrons. The van der Waals surface area contributed by atoms with Gasteiger partial charge in [-0.05, 0) is 23.9 Å². The highest BCUT2D eigenvalue weighted by Crippen LogP contribution is 2.17. The molecule has 0 spiro atoms. The predicted molar refractivity (Wildman–Crippen MR) is 106 cm³/mol. The largest absolute Gasteiger partial charge is 0.335 e. The van der Waals surface area contributed by atoms with Gasteiger partial charge < -0.3 is 4.90 Å². The highest BCUT2D eigenvalue weighted by Gasteiger charge is 2.20. The Labute approximate surface area is 156 Å². The van der Waals surface area contributed by atoms with Crippen LogP contribution in [0.4, 0.5) is 0 Å². The Morgan fingerprint density at radius 3 is 2.62 bits per heavy atom. The van der Waals surface area contributed by atoms with E-state index in [0.29, 0.717) is 29.6 Å². The fourth-order valence-electron chi connectivity index (χ4n) is 2.95. The molecule has 0 N–H and O–H groups in total. The van der Waals surface area contributed by atoms with Crippen LogP contribution >= 0.6 is 11.3 Å². The van der Waals surface area contributed by atoms with Gasteiger partial charge in [-0.2, -0.15) is 5.10 Å². The predicted octanol–water partition coefficient (Wildman–Crippen LogP) is 3.92. The number of aryl methyl sites for hydroxylation is 1. The monoisotopic (exact) mass is 369 g/mol. The Morgan fingerprint density at radius 2 is 1.92 bits per heavy atom. The van der Waals surface area contributed by atoms with Gasteiger partial charge in [0, 0.05) is 23.9 Å². The van der Waals surface area contributed by atoms with Crippen LogP contribution in [-0.4, -0.2) is 27.6 Å². The van der Waals surface area contributed by atoms with Crippen molar-refractivity contribution >= 4 is 28.0 Å². The minimum absolute atomic E-state index is 0.130. The number of aromatic nitrogens is 2. The summed E-state index contributed by atoms with van der Waals surface area (Å²) in [5.41, 5.74) is 0.213. The maximum Gasteiger partial charge on any atom is 0.275 e. The molecule has 2 heterocycles. The first-order chi connectivity index (χ1) is 12.6. The van der Waals surface area contributed by atoms with Crippen LogP contribution in [0, 0.1) is 0 Å². The summed E-state index contributed by atoms with van der Waals surface area (Å²) in [7, 11) is 1.77. The lowest BCUT2D eigenvalue weighted by Crippen LogP contribution is -2.31. The van der Waals surface area contributed by atoms with Gasteiger partial charge in [0.15, 0.2) is 5.69 Å². The number of carbonyl (C=O) groups excluding carboxylic acids is 1. The third-order valence-corrected chi connectivity index (χ3v) is 5.22. The summed E-state index contributed by atoms with van der Waals surface area (Å²) in [6.07, 6.45) is 2.97. The summed E-state index contributed by atoms with van der Waals surface area (Å²) in [4.78, 5) is 28.5. The SMILES string of the molecule is CCCCCn1nc(C(=O)N(C)Cc2cccs2)c2ccccc2c1=O. The summed E-state index contributed by atoms with van der Waals surface area (Å²) >= 11 is 1.62. The maximum absolute atomic E-state index is 13.0. The van der Waals surface area contributed by atoms with Crippen LogP contribution in [0.25, 0.3) is 10.8 Å². The molecular formula is C20H23N3O2S. The molecule has 2 aromatic heterocycles. The molecule has 0 atom stereocenters. The topological polar surface area (TPSA) is 55.2 Å². The lowest BCUT2D eigenvalue weighted by atomic mass is 10.1. The average Bonchev–Trinajstić information content (AvgIpc) is 3.16. The van der Waals surface area contributed by atoms with Gasteiger partial charge in [-0.3, -0.25) is 9.59 Å².